The van der Waals surface area contributed by atoms with Gasteiger partial charge in [0.1, 0.15) is 12.1 Å². The molecule has 100 valence electrons. The molecular formula is C12H13FN4OS. The van der Waals surface area contributed by atoms with Gasteiger partial charge >= 0.3 is 0 Å². The summed E-state index contributed by atoms with van der Waals surface area (Å²) >= 11 is 4.08. The van der Waals surface area contributed by atoms with Crippen molar-refractivity contribution in [1.82, 2.24) is 20.1 Å². The molecule has 0 bridgehead atoms. The zero-order valence-corrected chi connectivity index (χ0v) is 11.2. The highest BCUT2D eigenvalue weighted by Gasteiger charge is 2.12. The maximum atomic E-state index is 13.5. The molecular weight excluding hydrogens is 267 g/mol. The molecule has 2 aromatic rings. The molecule has 19 heavy (non-hydrogen) atoms. The van der Waals surface area contributed by atoms with Crippen molar-refractivity contribution < 1.29 is 9.18 Å². The summed E-state index contributed by atoms with van der Waals surface area (Å²) in [6.07, 6.45) is 1.58. The van der Waals surface area contributed by atoms with E-state index in [-0.39, 0.29) is 12.1 Å². The number of halogens is 1. The van der Waals surface area contributed by atoms with E-state index in [1.54, 1.807) is 10.9 Å². The zero-order chi connectivity index (χ0) is 13.8. The smallest absolute Gasteiger partial charge is 0.254 e. The molecule has 1 aromatic carbocycles. The number of amides is 1. The summed E-state index contributed by atoms with van der Waals surface area (Å²) < 4.78 is 15.3. The molecule has 0 fully saturated rings. The van der Waals surface area contributed by atoms with Crippen molar-refractivity contribution in [1.29, 1.82) is 0 Å². The minimum Gasteiger partial charge on any atom is -0.345 e. The summed E-state index contributed by atoms with van der Waals surface area (Å²) in [4.78, 5) is 12.4. The molecule has 7 heteroatoms. The Morgan fingerprint density at radius 2 is 2.32 bits per heavy atom. The summed E-state index contributed by atoms with van der Waals surface area (Å²) in [5.74, 6) is -0.454. The third-order valence-corrected chi connectivity index (χ3v) is 2.92. The van der Waals surface area contributed by atoms with Crippen LogP contribution in [-0.2, 0) is 13.1 Å². The van der Waals surface area contributed by atoms with Crippen LogP contribution in [0.4, 0.5) is 4.39 Å². The largest absolute Gasteiger partial charge is 0.345 e. The van der Waals surface area contributed by atoms with E-state index in [4.69, 9.17) is 0 Å². The summed E-state index contributed by atoms with van der Waals surface area (Å²) in [6, 6.07) is 4.09. The monoisotopic (exact) mass is 280 g/mol. The van der Waals surface area contributed by atoms with Crippen molar-refractivity contribution in [3.8, 4) is 0 Å². The highest BCUT2D eigenvalue weighted by atomic mass is 32.1. The Balaban J connectivity index is 2.07. The molecule has 0 saturated heterocycles. The molecule has 0 saturated carbocycles. The second kappa shape index (κ2) is 5.83. The van der Waals surface area contributed by atoms with Gasteiger partial charge in [0.25, 0.3) is 5.91 Å². The first-order valence-electron chi connectivity index (χ1n) is 5.75. The minimum absolute atomic E-state index is 0.0323. The van der Waals surface area contributed by atoms with E-state index < -0.39 is 11.7 Å². The van der Waals surface area contributed by atoms with Crippen molar-refractivity contribution in [3.05, 3.63) is 41.7 Å². The molecule has 1 N–H and O–H groups in total. The third kappa shape index (κ3) is 3.11. The molecule has 0 unspecified atom stereocenters. The minimum atomic E-state index is -0.577. The predicted octanol–water partition coefficient (Wildman–Crippen LogP) is 1.66. The van der Waals surface area contributed by atoms with Gasteiger partial charge in [0.15, 0.2) is 5.82 Å². The molecule has 0 aliphatic heterocycles. The number of aromatic nitrogens is 3. The number of hydrogen-bond donors (Lipinski definition) is 2. The van der Waals surface area contributed by atoms with Crippen LogP contribution >= 0.6 is 12.6 Å². The number of nitrogens with one attached hydrogen (secondary N) is 1. The molecule has 5 nitrogen and oxygen atoms in total. The van der Waals surface area contributed by atoms with Gasteiger partial charge in [-0.3, -0.25) is 4.79 Å². The van der Waals surface area contributed by atoms with Crippen molar-refractivity contribution in [2.75, 3.05) is 0 Å². The lowest BCUT2D eigenvalue weighted by atomic mass is 10.2. The van der Waals surface area contributed by atoms with Crippen molar-refractivity contribution in [2.24, 2.45) is 0 Å². The van der Waals surface area contributed by atoms with Crippen molar-refractivity contribution in [3.63, 3.8) is 0 Å². The molecule has 0 radical (unpaired) electrons. The van der Waals surface area contributed by atoms with E-state index >= 15 is 0 Å². The molecule has 0 aliphatic carbocycles. The Hall–Kier alpha value is -1.89. The van der Waals surface area contributed by atoms with Gasteiger partial charge in [-0.05, 0) is 25.1 Å². The number of aryl methyl sites for hydroxylation is 1. The standard InChI is InChI=1S/C12H13FN4OS/c1-2-17-7-15-16-11(17)6-14-12(18)9-5-8(19)3-4-10(9)13/h3-5,7,19H,2,6H2,1H3,(H,14,18). The van der Waals surface area contributed by atoms with Gasteiger partial charge in [0.05, 0.1) is 12.1 Å². The molecule has 1 aromatic heterocycles. The van der Waals surface area contributed by atoms with E-state index in [9.17, 15) is 9.18 Å². The van der Waals surface area contributed by atoms with Crippen LogP contribution in [0.3, 0.4) is 0 Å². The van der Waals surface area contributed by atoms with Crippen LogP contribution in [0.25, 0.3) is 0 Å². The van der Waals surface area contributed by atoms with Gasteiger partial charge in [-0.15, -0.1) is 22.8 Å². The van der Waals surface area contributed by atoms with Gasteiger partial charge in [-0.2, -0.15) is 0 Å². The third-order valence-electron chi connectivity index (χ3n) is 2.64. The first kappa shape index (κ1) is 13.5. The summed E-state index contributed by atoms with van der Waals surface area (Å²) in [6.45, 7) is 2.85. The maximum absolute atomic E-state index is 13.5. The number of hydrogen-bond acceptors (Lipinski definition) is 4. The fraction of sp³-hybridized carbons (Fsp3) is 0.250. The average Bonchev–Trinajstić information content (AvgIpc) is 2.86. The molecule has 1 heterocycles. The fourth-order valence-corrected chi connectivity index (χ4v) is 1.83. The van der Waals surface area contributed by atoms with Crippen LogP contribution < -0.4 is 5.32 Å². The van der Waals surface area contributed by atoms with Crippen molar-refractivity contribution in [2.45, 2.75) is 24.9 Å². The number of nitrogens with zero attached hydrogens (tertiary/aromatic N) is 3. The molecule has 1 amide bonds. The van der Waals surface area contributed by atoms with Crippen LogP contribution in [0.2, 0.25) is 0 Å². The second-order valence-electron chi connectivity index (χ2n) is 3.88. The first-order chi connectivity index (χ1) is 9.11. The Labute approximate surface area is 115 Å². The van der Waals surface area contributed by atoms with Crippen LogP contribution in [0.1, 0.15) is 23.1 Å². The van der Waals surface area contributed by atoms with Crippen LogP contribution in [-0.4, -0.2) is 20.7 Å². The molecule has 2 rings (SSSR count). The molecule has 0 atom stereocenters. The summed E-state index contributed by atoms with van der Waals surface area (Å²) in [7, 11) is 0. The van der Waals surface area contributed by atoms with Gasteiger partial charge < -0.3 is 9.88 Å². The number of benzene rings is 1. The topological polar surface area (TPSA) is 59.8 Å². The van der Waals surface area contributed by atoms with Gasteiger partial charge in [0, 0.05) is 11.4 Å². The summed E-state index contributed by atoms with van der Waals surface area (Å²) in [5, 5.41) is 10.2. The molecule has 0 aliphatic rings. The lowest BCUT2D eigenvalue weighted by Gasteiger charge is -2.07. The maximum Gasteiger partial charge on any atom is 0.254 e. The Morgan fingerprint density at radius 1 is 1.53 bits per heavy atom. The highest BCUT2D eigenvalue weighted by Crippen LogP contribution is 2.13. The number of carbonyl (C=O) groups is 1. The van der Waals surface area contributed by atoms with Gasteiger partial charge in [-0.1, -0.05) is 0 Å². The van der Waals surface area contributed by atoms with Gasteiger partial charge in [-0.25, -0.2) is 4.39 Å². The quantitative estimate of drug-likeness (QED) is 0.837. The Kier molecular flexibility index (Phi) is 4.16. The predicted molar refractivity (Wildman–Crippen MR) is 70.5 cm³/mol. The lowest BCUT2D eigenvalue weighted by Crippen LogP contribution is -2.25. The molecule has 0 spiro atoms. The highest BCUT2D eigenvalue weighted by molar-refractivity contribution is 7.80. The van der Waals surface area contributed by atoms with E-state index in [0.717, 1.165) is 0 Å². The average molecular weight is 280 g/mol. The van der Waals surface area contributed by atoms with Crippen LogP contribution in [0, 0.1) is 5.82 Å². The number of carbonyl (C=O) groups excluding carboxylic acids is 1. The van der Waals surface area contributed by atoms with Crippen molar-refractivity contribution >= 4 is 18.5 Å². The van der Waals surface area contributed by atoms with E-state index in [0.29, 0.717) is 17.3 Å². The normalized spacial score (nSPS) is 10.5. The van der Waals surface area contributed by atoms with Crippen LogP contribution in [0.15, 0.2) is 29.4 Å². The Morgan fingerprint density at radius 3 is 3.05 bits per heavy atom. The van der Waals surface area contributed by atoms with Crippen LogP contribution in [0.5, 0.6) is 0 Å². The van der Waals surface area contributed by atoms with E-state index in [1.807, 2.05) is 6.92 Å². The number of thiol groups is 1. The first-order valence-corrected chi connectivity index (χ1v) is 6.20. The SMILES string of the molecule is CCn1cnnc1CNC(=O)c1cc(S)ccc1F. The zero-order valence-electron chi connectivity index (χ0n) is 10.3. The number of rotatable bonds is 4. The van der Waals surface area contributed by atoms with Gasteiger partial charge in [0.2, 0.25) is 0 Å². The lowest BCUT2D eigenvalue weighted by molar-refractivity contribution is 0.0945. The Bertz CT molecular complexity index is 599. The van der Waals surface area contributed by atoms with E-state index in [2.05, 4.69) is 28.1 Å². The second-order valence-corrected chi connectivity index (χ2v) is 4.40. The fourth-order valence-electron chi connectivity index (χ4n) is 1.62. The van der Waals surface area contributed by atoms with E-state index in [1.165, 1.54) is 18.2 Å². The summed E-state index contributed by atoms with van der Waals surface area (Å²) in [5.41, 5.74) is -0.0323.